The molecule has 2 N–H and O–H groups in total. The number of dihydropyridines is 1. The summed E-state index contributed by atoms with van der Waals surface area (Å²) in [5, 5.41) is 14.8. The van der Waals surface area contributed by atoms with E-state index in [-0.39, 0.29) is 12.1 Å². The third kappa shape index (κ3) is 5.87. The Kier molecular flexibility index (Phi) is 7.54. The molecule has 0 aromatic heterocycles. The van der Waals surface area contributed by atoms with Crippen molar-refractivity contribution in [1.82, 2.24) is 10.2 Å². The molecule has 0 aliphatic carbocycles. The van der Waals surface area contributed by atoms with Crippen molar-refractivity contribution in [1.29, 1.82) is 0 Å². The fraction of sp³-hybridized carbons (Fsp3) is 0.400. The van der Waals surface area contributed by atoms with Crippen molar-refractivity contribution in [2.24, 2.45) is 0 Å². The SMILES string of the molecule is CC(C)(O)c1ccc2c(c1)/C(=C\CCN1CCC(OCc3ccc(Cl)cc3)C1)C1=CC=CNC1CO2. The summed E-state index contributed by atoms with van der Waals surface area (Å²) in [5.41, 5.74) is 4.59. The van der Waals surface area contributed by atoms with Crippen LogP contribution >= 0.6 is 11.6 Å². The standard InChI is InChI=1S/C30H35ClN2O3/c1-30(2,34)22-9-12-29-27(17-22)25(26-5-3-14-32-28(26)20-36-29)6-4-15-33-16-13-24(18-33)35-19-21-7-10-23(31)11-8-21/h3,5-12,14,17,24,28,32,34H,4,13,15-16,18-20H2,1-2H3/b25-6-. The van der Waals surface area contributed by atoms with Crippen molar-refractivity contribution in [2.75, 3.05) is 26.2 Å². The first kappa shape index (κ1) is 25.1. The van der Waals surface area contributed by atoms with E-state index in [1.54, 1.807) is 0 Å². The molecule has 1 fully saturated rings. The summed E-state index contributed by atoms with van der Waals surface area (Å²) in [4.78, 5) is 2.48. The smallest absolute Gasteiger partial charge is 0.127 e. The molecule has 3 aliphatic heterocycles. The van der Waals surface area contributed by atoms with Gasteiger partial charge in [-0.3, -0.25) is 0 Å². The van der Waals surface area contributed by atoms with Gasteiger partial charge in [0, 0.05) is 30.2 Å². The summed E-state index contributed by atoms with van der Waals surface area (Å²) in [6.45, 7) is 7.81. The minimum Gasteiger partial charge on any atom is -0.490 e. The highest BCUT2D eigenvalue weighted by molar-refractivity contribution is 6.30. The molecule has 36 heavy (non-hydrogen) atoms. The number of rotatable bonds is 7. The molecule has 0 amide bonds. The largest absolute Gasteiger partial charge is 0.490 e. The molecular formula is C30H35ClN2O3. The monoisotopic (exact) mass is 506 g/mol. The molecule has 0 spiro atoms. The number of ether oxygens (including phenoxy) is 2. The highest BCUT2D eigenvalue weighted by Gasteiger charge is 2.28. The van der Waals surface area contributed by atoms with E-state index in [0.29, 0.717) is 13.2 Å². The number of halogens is 1. The quantitative estimate of drug-likeness (QED) is 0.524. The Bertz CT molecular complexity index is 1160. The molecule has 0 bridgehead atoms. The Morgan fingerprint density at radius 1 is 1.22 bits per heavy atom. The van der Waals surface area contributed by atoms with Gasteiger partial charge < -0.3 is 24.8 Å². The molecule has 5 rings (SSSR count). The van der Waals surface area contributed by atoms with Gasteiger partial charge in [0.2, 0.25) is 0 Å². The lowest BCUT2D eigenvalue weighted by molar-refractivity contribution is 0.0468. The van der Waals surface area contributed by atoms with Crippen LogP contribution in [0.15, 0.2) is 72.5 Å². The summed E-state index contributed by atoms with van der Waals surface area (Å²) in [6, 6.07) is 14.0. The Morgan fingerprint density at radius 3 is 2.86 bits per heavy atom. The Labute approximate surface area is 219 Å². The summed E-state index contributed by atoms with van der Waals surface area (Å²) in [6.07, 6.45) is 10.8. The molecule has 2 aromatic carbocycles. The number of fused-ring (bicyclic) bond motifs is 2. The number of likely N-dealkylation sites (tertiary alicyclic amines) is 1. The zero-order chi connectivity index (χ0) is 25.1. The number of nitrogens with zero attached hydrogens (tertiary/aromatic N) is 1. The van der Waals surface area contributed by atoms with Gasteiger partial charge in [0.05, 0.1) is 24.4 Å². The Morgan fingerprint density at radius 2 is 2.06 bits per heavy atom. The Balaban J connectivity index is 1.27. The second-order valence-corrected chi connectivity index (χ2v) is 10.8. The van der Waals surface area contributed by atoms with Crippen LogP contribution in [0.25, 0.3) is 5.57 Å². The van der Waals surface area contributed by atoms with E-state index in [0.717, 1.165) is 59.9 Å². The van der Waals surface area contributed by atoms with Crippen molar-refractivity contribution < 1.29 is 14.6 Å². The van der Waals surface area contributed by atoms with E-state index in [9.17, 15) is 5.11 Å². The van der Waals surface area contributed by atoms with Gasteiger partial charge in [-0.15, -0.1) is 0 Å². The van der Waals surface area contributed by atoms with Gasteiger partial charge in [-0.1, -0.05) is 42.0 Å². The summed E-state index contributed by atoms with van der Waals surface area (Å²) < 4.78 is 12.4. The van der Waals surface area contributed by atoms with Crippen LogP contribution in [0, 0.1) is 0 Å². The summed E-state index contributed by atoms with van der Waals surface area (Å²) >= 11 is 5.98. The Hall–Kier alpha value is -2.57. The lowest BCUT2D eigenvalue weighted by Crippen LogP contribution is -2.33. The molecular weight excluding hydrogens is 472 g/mol. The number of benzene rings is 2. The van der Waals surface area contributed by atoms with Crippen LogP contribution in [0.5, 0.6) is 5.75 Å². The maximum Gasteiger partial charge on any atom is 0.127 e. The van der Waals surface area contributed by atoms with Crippen LogP contribution in [0.2, 0.25) is 5.02 Å². The van der Waals surface area contributed by atoms with Gasteiger partial charge >= 0.3 is 0 Å². The van der Waals surface area contributed by atoms with Crippen LogP contribution in [0.3, 0.4) is 0 Å². The van der Waals surface area contributed by atoms with Crippen LogP contribution in [-0.4, -0.2) is 48.4 Å². The molecule has 3 aliphatic rings. The van der Waals surface area contributed by atoms with Gasteiger partial charge in [-0.05, 0) is 85.5 Å². The second kappa shape index (κ2) is 10.8. The highest BCUT2D eigenvalue weighted by atomic mass is 35.5. The minimum atomic E-state index is -0.915. The molecule has 2 aromatic rings. The fourth-order valence-corrected chi connectivity index (χ4v) is 5.20. The first-order valence-electron chi connectivity index (χ1n) is 12.8. The van der Waals surface area contributed by atoms with Crippen LogP contribution in [-0.2, 0) is 16.9 Å². The maximum atomic E-state index is 10.6. The zero-order valence-electron chi connectivity index (χ0n) is 21.0. The fourth-order valence-electron chi connectivity index (χ4n) is 5.07. The molecule has 0 saturated carbocycles. The molecule has 2 atom stereocenters. The van der Waals surface area contributed by atoms with E-state index >= 15 is 0 Å². The molecule has 6 heteroatoms. The topological polar surface area (TPSA) is 54.0 Å². The summed E-state index contributed by atoms with van der Waals surface area (Å²) in [5.74, 6) is 0.864. The maximum absolute atomic E-state index is 10.6. The predicted octanol–water partition coefficient (Wildman–Crippen LogP) is 5.44. The number of nitrogens with one attached hydrogen (secondary N) is 1. The minimum absolute atomic E-state index is 0.108. The third-order valence-corrected chi connectivity index (χ3v) is 7.41. The number of allylic oxidation sites excluding steroid dienone is 2. The molecule has 3 heterocycles. The highest BCUT2D eigenvalue weighted by Crippen LogP contribution is 2.39. The third-order valence-electron chi connectivity index (χ3n) is 7.16. The average Bonchev–Trinajstić information content (AvgIpc) is 3.26. The number of aliphatic hydroxyl groups is 1. The van der Waals surface area contributed by atoms with E-state index in [4.69, 9.17) is 21.1 Å². The van der Waals surface area contributed by atoms with Crippen molar-refractivity contribution in [3.05, 3.63) is 94.2 Å². The van der Waals surface area contributed by atoms with Gasteiger partial charge in [-0.2, -0.15) is 0 Å². The van der Waals surface area contributed by atoms with E-state index in [1.807, 2.05) is 62.5 Å². The van der Waals surface area contributed by atoms with E-state index in [2.05, 4.69) is 28.4 Å². The van der Waals surface area contributed by atoms with E-state index < -0.39 is 5.60 Å². The van der Waals surface area contributed by atoms with Crippen LogP contribution in [0.1, 0.15) is 43.4 Å². The lowest BCUT2D eigenvalue weighted by Gasteiger charge is -2.23. The van der Waals surface area contributed by atoms with Crippen molar-refractivity contribution >= 4 is 17.2 Å². The van der Waals surface area contributed by atoms with Crippen molar-refractivity contribution in [2.45, 2.75) is 51.0 Å². The number of hydrogen-bond donors (Lipinski definition) is 2. The first-order chi connectivity index (χ1) is 17.4. The molecule has 0 radical (unpaired) electrons. The number of hydrogen-bond acceptors (Lipinski definition) is 5. The van der Waals surface area contributed by atoms with Gasteiger partial charge in [-0.25, -0.2) is 0 Å². The lowest BCUT2D eigenvalue weighted by atomic mass is 9.88. The van der Waals surface area contributed by atoms with E-state index in [1.165, 1.54) is 11.1 Å². The molecule has 1 saturated heterocycles. The molecule has 190 valence electrons. The molecule has 2 unspecified atom stereocenters. The van der Waals surface area contributed by atoms with Crippen LogP contribution in [0.4, 0.5) is 0 Å². The second-order valence-electron chi connectivity index (χ2n) is 10.3. The van der Waals surface area contributed by atoms with Gasteiger partial charge in [0.25, 0.3) is 0 Å². The van der Waals surface area contributed by atoms with Gasteiger partial charge in [0.1, 0.15) is 12.4 Å². The summed E-state index contributed by atoms with van der Waals surface area (Å²) in [7, 11) is 0. The van der Waals surface area contributed by atoms with Crippen molar-refractivity contribution in [3.8, 4) is 5.75 Å². The molecule has 5 nitrogen and oxygen atoms in total. The predicted molar refractivity (Wildman–Crippen MR) is 145 cm³/mol. The van der Waals surface area contributed by atoms with Crippen LogP contribution < -0.4 is 10.1 Å². The average molecular weight is 507 g/mol. The first-order valence-corrected chi connectivity index (χ1v) is 13.2. The normalized spacial score (nSPS) is 22.9. The van der Waals surface area contributed by atoms with Gasteiger partial charge in [0.15, 0.2) is 0 Å². The van der Waals surface area contributed by atoms with Crippen molar-refractivity contribution in [3.63, 3.8) is 0 Å². The zero-order valence-corrected chi connectivity index (χ0v) is 21.8.